The lowest BCUT2D eigenvalue weighted by molar-refractivity contribution is -0.0249. The minimum Gasteiger partial charge on any atom is -0.377 e. The molecule has 0 amide bonds. The zero-order chi connectivity index (χ0) is 11.3. The van der Waals surface area contributed by atoms with Crippen LogP contribution in [0.2, 0.25) is 0 Å². The molecule has 3 nitrogen and oxygen atoms in total. The largest absolute Gasteiger partial charge is 0.377 e. The molecule has 16 heavy (non-hydrogen) atoms. The number of hydrogen-bond donors (Lipinski definition) is 0. The monoisotopic (exact) mass is 220 g/mol. The van der Waals surface area contributed by atoms with E-state index < -0.39 is 0 Å². The lowest BCUT2D eigenvalue weighted by atomic mass is 10.1. The normalized spacial score (nSPS) is 22.2. The molecule has 1 aromatic heterocycles. The Kier molecular flexibility index (Phi) is 2.17. The van der Waals surface area contributed by atoms with Gasteiger partial charge in [0.25, 0.3) is 0 Å². The summed E-state index contributed by atoms with van der Waals surface area (Å²) in [5.41, 5.74) is 3.27. The molecule has 3 heteroatoms. The molecule has 0 saturated carbocycles. The van der Waals surface area contributed by atoms with Gasteiger partial charge >= 0.3 is 0 Å². The molecule has 2 aliphatic rings. The summed E-state index contributed by atoms with van der Waals surface area (Å²) in [5, 5.41) is 0. The Morgan fingerprint density at radius 3 is 2.56 bits per heavy atom. The summed E-state index contributed by atoms with van der Waals surface area (Å²) in [4.78, 5) is 2.54. The minimum absolute atomic E-state index is 0.264. The third kappa shape index (κ3) is 1.50. The molecule has 3 heterocycles. The van der Waals surface area contributed by atoms with Crippen molar-refractivity contribution >= 4 is 0 Å². The zero-order valence-corrected chi connectivity index (χ0v) is 10.4. The van der Waals surface area contributed by atoms with E-state index in [4.69, 9.17) is 4.74 Å². The molecule has 1 fully saturated rings. The minimum atomic E-state index is 0.264. The van der Waals surface area contributed by atoms with E-state index in [1.807, 2.05) is 0 Å². The maximum atomic E-state index is 5.28. The van der Waals surface area contributed by atoms with Crippen molar-refractivity contribution in [1.29, 1.82) is 0 Å². The van der Waals surface area contributed by atoms with E-state index in [0.717, 1.165) is 26.3 Å². The number of aromatic nitrogens is 1. The van der Waals surface area contributed by atoms with Crippen molar-refractivity contribution in [3.63, 3.8) is 0 Å². The maximum Gasteiger partial charge on any atom is 0.0801 e. The number of nitrogens with zero attached hydrogens (tertiary/aromatic N) is 2. The molecule has 0 atom stereocenters. The topological polar surface area (TPSA) is 17.4 Å². The van der Waals surface area contributed by atoms with E-state index in [2.05, 4.69) is 42.5 Å². The predicted molar refractivity (Wildman–Crippen MR) is 63.3 cm³/mol. The summed E-state index contributed by atoms with van der Waals surface area (Å²) in [6.45, 7) is 10.8. The second-order valence-corrected chi connectivity index (χ2v) is 5.91. The van der Waals surface area contributed by atoms with Gasteiger partial charge in [-0.25, -0.2) is 0 Å². The van der Waals surface area contributed by atoms with Gasteiger partial charge in [-0.2, -0.15) is 0 Å². The molecule has 0 radical (unpaired) electrons. The molecule has 1 aromatic rings. The van der Waals surface area contributed by atoms with Gasteiger partial charge in [-0.05, 0) is 32.4 Å². The van der Waals surface area contributed by atoms with Gasteiger partial charge < -0.3 is 9.30 Å². The lowest BCUT2D eigenvalue weighted by Gasteiger charge is -2.33. The molecule has 0 aromatic carbocycles. The Labute approximate surface area is 97.0 Å². The third-order valence-corrected chi connectivity index (χ3v) is 3.78. The van der Waals surface area contributed by atoms with Crippen molar-refractivity contribution < 1.29 is 4.74 Å². The summed E-state index contributed by atoms with van der Waals surface area (Å²) >= 11 is 0. The van der Waals surface area contributed by atoms with Crippen LogP contribution in [0.15, 0.2) is 12.3 Å². The Bertz CT molecular complexity index is 399. The van der Waals surface area contributed by atoms with Crippen molar-refractivity contribution in [1.82, 2.24) is 9.47 Å². The van der Waals surface area contributed by atoms with Crippen LogP contribution in [0.1, 0.15) is 38.1 Å². The fourth-order valence-corrected chi connectivity index (χ4v) is 2.49. The Balaban J connectivity index is 1.84. The van der Waals surface area contributed by atoms with Gasteiger partial charge in [-0.3, -0.25) is 4.90 Å². The highest BCUT2D eigenvalue weighted by Crippen LogP contribution is 2.32. The highest BCUT2D eigenvalue weighted by molar-refractivity contribution is 5.28. The quantitative estimate of drug-likeness (QED) is 0.721. The second-order valence-electron chi connectivity index (χ2n) is 5.91. The van der Waals surface area contributed by atoms with E-state index in [-0.39, 0.29) is 5.54 Å². The average molecular weight is 220 g/mol. The number of ether oxygens (including phenoxy) is 1. The van der Waals surface area contributed by atoms with Crippen LogP contribution in [0.4, 0.5) is 0 Å². The van der Waals surface area contributed by atoms with Gasteiger partial charge in [0.05, 0.1) is 19.3 Å². The molecule has 0 aliphatic carbocycles. The predicted octanol–water partition coefficient (Wildman–Crippen LogP) is 2.17. The van der Waals surface area contributed by atoms with Crippen LogP contribution in [0, 0.1) is 0 Å². The molecular formula is C13H20N2O. The fourth-order valence-electron chi connectivity index (χ4n) is 2.49. The molecule has 0 unspecified atom stereocenters. The third-order valence-electron chi connectivity index (χ3n) is 3.78. The van der Waals surface area contributed by atoms with E-state index in [0.29, 0.717) is 6.04 Å². The number of rotatable bonds is 1. The van der Waals surface area contributed by atoms with Crippen molar-refractivity contribution in [2.75, 3.05) is 13.2 Å². The van der Waals surface area contributed by atoms with Crippen LogP contribution in [-0.2, 0) is 17.8 Å². The van der Waals surface area contributed by atoms with Gasteiger partial charge in [-0.1, -0.05) is 0 Å². The summed E-state index contributed by atoms with van der Waals surface area (Å²) in [6, 6.07) is 2.86. The van der Waals surface area contributed by atoms with Crippen molar-refractivity contribution in [2.45, 2.75) is 45.4 Å². The SMILES string of the molecule is CC(C)(C)N1Cc2ccn(C3COC3)c2C1. The Morgan fingerprint density at radius 1 is 1.25 bits per heavy atom. The number of fused-ring (bicyclic) bond motifs is 1. The first-order chi connectivity index (χ1) is 7.55. The first-order valence-electron chi connectivity index (χ1n) is 6.07. The van der Waals surface area contributed by atoms with Crippen LogP contribution >= 0.6 is 0 Å². The van der Waals surface area contributed by atoms with Crippen LogP contribution in [0.3, 0.4) is 0 Å². The molecule has 0 bridgehead atoms. The molecule has 0 spiro atoms. The Morgan fingerprint density at radius 2 is 2.00 bits per heavy atom. The molecular weight excluding hydrogens is 200 g/mol. The Hall–Kier alpha value is -0.800. The highest BCUT2D eigenvalue weighted by Gasteiger charge is 2.32. The summed E-state index contributed by atoms with van der Waals surface area (Å²) in [5.74, 6) is 0. The van der Waals surface area contributed by atoms with Gasteiger partial charge in [0.1, 0.15) is 0 Å². The summed E-state index contributed by atoms with van der Waals surface area (Å²) in [7, 11) is 0. The van der Waals surface area contributed by atoms with E-state index in [9.17, 15) is 0 Å². The van der Waals surface area contributed by atoms with Gasteiger partial charge in [0.2, 0.25) is 0 Å². The summed E-state index contributed by atoms with van der Waals surface area (Å²) < 4.78 is 7.70. The van der Waals surface area contributed by atoms with E-state index in [1.165, 1.54) is 11.3 Å². The fraction of sp³-hybridized carbons (Fsp3) is 0.692. The zero-order valence-electron chi connectivity index (χ0n) is 10.4. The first kappa shape index (κ1) is 10.4. The van der Waals surface area contributed by atoms with Crippen LogP contribution in [-0.4, -0.2) is 28.2 Å². The van der Waals surface area contributed by atoms with E-state index >= 15 is 0 Å². The van der Waals surface area contributed by atoms with Crippen LogP contribution in [0.5, 0.6) is 0 Å². The highest BCUT2D eigenvalue weighted by atomic mass is 16.5. The molecule has 0 N–H and O–H groups in total. The standard InChI is InChI=1S/C13H20N2O/c1-13(2,3)14-6-10-4-5-15(12(10)7-14)11-8-16-9-11/h4-5,11H,6-9H2,1-3H3. The lowest BCUT2D eigenvalue weighted by Crippen LogP contribution is -2.38. The van der Waals surface area contributed by atoms with Crippen molar-refractivity contribution in [3.05, 3.63) is 23.5 Å². The van der Waals surface area contributed by atoms with Crippen molar-refractivity contribution in [2.24, 2.45) is 0 Å². The van der Waals surface area contributed by atoms with Crippen molar-refractivity contribution in [3.8, 4) is 0 Å². The summed E-state index contributed by atoms with van der Waals surface area (Å²) in [6.07, 6.45) is 2.23. The average Bonchev–Trinajstić information content (AvgIpc) is 2.61. The molecule has 88 valence electrons. The van der Waals surface area contributed by atoms with Gasteiger partial charge in [-0.15, -0.1) is 0 Å². The molecule has 1 saturated heterocycles. The van der Waals surface area contributed by atoms with E-state index in [1.54, 1.807) is 0 Å². The van der Waals surface area contributed by atoms with Crippen LogP contribution in [0.25, 0.3) is 0 Å². The maximum absolute atomic E-state index is 5.28. The molecule has 2 aliphatic heterocycles. The van der Waals surface area contributed by atoms with Crippen LogP contribution < -0.4 is 0 Å². The van der Waals surface area contributed by atoms with Gasteiger partial charge in [0.15, 0.2) is 0 Å². The number of hydrogen-bond acceptors (Lipinski definition) is 2. The smallest absolute Gasteiger partial charge is 0.0801 e. The first-order valence-corrected chi connectivity index (χ1v) is 6.07. The second kappa shape index (κ2) is 3.34. The van der Waals surface area contributed by atoms with Gasteiger partial charge in [0, 0.05) is 30.5 Å². The molecule has 3 rings (SSSR count).